The van der Waals surface area contributed by atoms with Gasteiger partial charge < -0.3 is 9.80 Å². The van der Waals surface area contributed by atoms with E-state index in [1.54, 1.807) is 11.1 Å². The van der Waals surface area contributed by atoms with E-state index >= 15 is 0 Å². The zero-order valence-corrected chi connectivity index (χ0v) is 28.7. The first kappa shape index (κ1) is 37.4. The highest BCUT2D eigenvalue weighted by Crippen LogP contribution is 2.36. The van der Waals surface area contributed by atoms with Gasteiger partial charge in [0.1, 0.15) is 0 Å². The second-order valence-electron chi connectivity index (χ2n) is 14.8. The maximum absolute atomic E-state index is 2.81. The zero-order valence-electron chi connectivity index (χ0n) is 28.7. The molecular weight excluding hydrogens is 460 g/mol. The third-order valence-electron chi connectivity index (χ3n) is 9.79. The van der Waals surface area contributed by atoms with Crippen LogP contribution in [0, 0.1) is 22.2 Å². The van der Waals surface area contributed by atoms with E-state index in [2.05, 4.69) is 112 Å². The molecule has 0 radical (unpaired) electrons. The van der Waals surface area contributed by atoms with Crippen molar-refractivity contribution in [2.24, 2.45) is 22.2 Å². The van der Waals surface area contributed by atoms with Crippen LogP contribution in [0.4, 0.5) is 0 Å². The van der Waals surface area contributed by atoms with Gasteiger partial charge in [-0.15, -0.1) is 0 Å². The van der Waals surface area contributed by atoms with Crippen LogP contribution < -0.4 is 0 Å². The fourth-order valence-corrected chi connectivity index (χ4v) is 5.24. The molecule has 0 aliphatic rings. The van der Waals surface area contributed by atoms with E-state index in [4.69, 9.17) is 0 Å². The maximum atomic E-state index is 2.81. The summed E-state index contributed by atoms with van der Waals surface area (Å²) in [5, 5.41) is 0. The minimum absolute atomic E-state index is 0.389. The molecule has 2 nitrogen and oxygen atoms in total. The number of hydrogen-bond acceptors (Lipinski definition) is 2. The summed E-state index contributed by atoms with van der Waals surface area (Å²) in [6.45, 7) is 31.3. The number of rotatable bonds is 22. The first-order valence-electron chi connectivity index (χ1n) is 16.3. The second-order valence-corrected chi connectivity index (χ2v) is 14.8. The Morgan fingerprint density at radius 3 is 1.63 bits per heavy atom. The summed E-state index contributed by atoms with van der Waals surface area (Å²) in [4.78, 5) is 5.14. The van der Waals surface area contributed by atoms with Crippen molar-refractivity contribution in [3.8, 4) is 0 Å². The van der Waals surface area contributed by atoms with E-state index in [1.807, 2.05) is 0 Å². The van der Waals surface area contributed by atoms with E-state index in [0.29, 0.717) is 16.2 Å². The lowest BCUT2D eigenvalue weighted by Crippen LogP contribution is -2.35. The van der Waals surface area contributed by atoms with Gasteiger partial charge in [0.05, 0.1) is 0 Å². The lowest BCUT2D eigenvalue weighted by atomic mass is 9.76. The van der Waals surface area contributed by atoms with E-state index in [9.17, 15) is 0 Å². The Labute approximate surface area is 242 Å². The molecule has 0 aliphatic heterocycles. The predicted octanol–water partition coefficient (Wildman–Crippen LogP) is 10.8. The molecule has 38 heavy (non-hydrogen) atoms. The molecule has 0 aromatic rings. The summed E-state index contributed by atoms with van der Waals surface area (Å²) in [5.74, 6) is 0.800. The van der Waals surface area contributed by atoms with Crippen LogP contribution in [0.15, 0.2) is 23.3 Å². The van der Waals surface area contributed by atoms with Crippen LogP contribution in [0.5, 0.6) is 0 Å². The summed E-state index contributed by atoms with van der Waals surface area (Å²) < 4.78 is 0. The SMILES string of the molecule is CCC(C)C/C=C(\C)CC(C)(CC)CCN(CCCN(C)C)CCC(C)(CC)C/C(C)=C/CC(C)(C)CC. The molecular formula is C36H72N2. The average molecular weight is 533 g/mol. The van der Waals surface area contributed by atoms with Crippen LogP contribution in [-0.2, 0) is 0 Å². The third-order valence-corrected chi connectivity index (χ3v) is 9.79. The molecule has 0 heterocycles. The summed E-state index contributed by atoms with van der Waals surface area (Å²) in [6, 6.07) is 0. The maximum Gasteiger partial charge on any atom is -0.000654 e. The third kappa shape index (κ3) is 17.2. The Morgan fingerprint density at radius 1 is 0.711 bits per heavy atom. The van der Waals surface area contributed by atoms with Crippen molar-refractivity contribution in [2.75, 3.05) is 40.3 Å². The molecule has 0 N–H and O–H groups in total. The van der Waals surface area contributed by atoms with Crippen molar-refractivity contribution >= 4 is 0 Å². The van der Waals surface area contributed by atoms with E-state index in [-0.39, 0.29) is 0 Å². The normalized spacial score (nSPS) is 17.7. The van der Waals surface area contributed by atoms with Crippen molar-refractivity contribution < 1.29 is 0 Å². The standard InChI is InChI=1S/C36H72N2/c1-14-31(5)19-20-32(6)29-35(10,16-3)23-27-38(26-18-25-37(12)13)28-24-36(11,17-4)30-33(7)21-22-34(8,9)15-2/h20-21,31H,14-19,22-30H2,1-13H3/b32-20+,33-21+. The monoisotopic (exact) mass is 533 g/mol. The molecule has 226 valence electrons. The van der Waals surface area contributed by atoms with Crippen LogP contribution in [-0.4, -0.2) is 50.1 Å². The number of hydrogen-bond donors (Lipinski definition) is 0. The molecule has 3 unspecified atom stereocenters. The predicted molar refractivity (Wildman–Crippen MR) is 175 cm³/mol. The molecule has 0 rings (SSSR count). The Balaban J connectivity index is 5.30. The van der Waals surface area contributed by atoms with Gasteiger partial charge in [-0.05, 0) is 121 Å². The summed E-state index contributed by atoms with van der Waals surface area (Å²) >= 11 is 0. The molecule has 0 aromatic carbocycles. The first-order valence-corrected chi connectivity index (χ1v) is 16.3. The summed E-state index contributed by atoms with van der Waals surface area (Å²) in [6.07, 6.45) is 18.9. The molecule has 2 heteroatoms. The zero-order chi connectivity index (χ0) is 29.4. The van der Waals surface area contributed by atoms with Crippen molar-refractivity contribution in [1.29, 1.82) is 0 Å². The van der Waals surface area contributed by atoms with E-state index in [1.165, 1.54) is 96.8 Å². The van der Waals surface area contributed by atoms with Gasteiger partial charge in [0, 0.05) is 0 Å². The Bertz CT molecular complexity index is 673. The van der Waals surface area contributed by atoms with Crippen molar-refractivity contribution in [3.63, 3.8) is 0 Å². The highest BCUT2D eigenvalue weighted by Gasteiger charge is 2.26. The van der Waals surface area contributed by atoms with Crippen molar-refractivity contribution in [2.45, 2.75) is 147 Å². The lowest BCUT2D eigenvalue weighted by Gasteiger charge is -2.35. The highest BCUT2D eigenvalue weighted by atomic mass is 15.1. The highest BCUT2D eigenvalue weighted by molar-refractivity contribution is 5.04. The molecule has 0 bridgehead atoms. The van der Waals surface area contributed by atoms with Crippen LogP contribution >= 0.6 is 0 Å². The van der Waals surface area contributed by atoms with Gasteiger partial charge in [-0.3, -0.25) is 0 Å². The van der Waals surface area contributed by atoms with Gasteiger partial charge in [0.15, 0.2) is 0 Å². The Hall–Kier alpha value is -0.600. The van der Waals surface area contributed by atoms with E-state index in [0.717, 1.165) is 5.92 Å². The summed E-state index contributed by atoms with van der Waals surface area (Å²) in [7, 11) is 4.41. The largest absolute Gasteiger partial charge is 0.309 e. The summed E-state index contributed by atoms with van der Waals surface area (Å²) in [5.41, 5.74) is 4.39. The van der Waals surface area contributed by atoms with Gasteiger partial charge in [-0.2, -0.15) is 0 Å². The fourth-order valence-electron chi connectivity index (χ4n) is 5.24. The Morgan fingerprint density at radius 2 is 1.21 bits per heavy atom. The molecule has 0 aromatic heterocycles. The number of nitrogens with zero attached hydrogens (tertiary/aromatic N) is 2. The van der Waals surface area contributed by atoms with Gasteiger partial charge in [-0.25, -0.2) is 0 Å². The van der Waals surface area contributed by atoms with Gasteiger partial charge >= 0.3 is 0 Å². The second kappa shape index (κ2) is 18.7. The Kier molecular flexibility index (Phi) is 18.4. The smallest absolute Gasteiger partial charge is 0.000654 e. The molecule has 3 atom stereocenters. The van der Waals surface area contributed by atoms with Gasteiger partial charge in [0.25, 0.3) is 0 Å². The van der Waals surface area contributed by atoms with Gasteiger partial charge in [-0.1, -0.05) is 111 Å². The fraction of sp³-hybridized carbons (Fsp3) is 0.889. The number of allylic oxidation sites excluding steroid dienone is 4. The average Bonchev–Trinajstić information content (AvgIpc) is 2.87. The minimum Gasteiger partial charge on any atom is -0.309 e. The van der Waals surface area contributed by atoms with Crippen LogP contribution in [0.2, 0.25) is 0 Å². The van der Waals surface area contributed by atoms with Gasteiger partial charge in [0.2, 0.25) is 0 Å². The minimum atomic E-state index is 0.389. The molecule has 0 aliphatic carbocycles. The van der Waals surface area contributed by atoms with Crippen LogP contribution in [0.25, 0.3) is 0 Å². The van der Waals surface area contributed by atoms with Crippen LogP contribution in [0.1, 0.15) is 147 Å². The van der Waals surface area contributed by atoms with Crippen LogP contribution in [0.3, 0.4) is 0 Å². The first-order chi connectivity index (χ1) is 17.6. The van der Waals surface area contributed by atoms with E-state index < -0.39 is 0 Å². The molecule has 0 saturated heterocycles. The topological polar surface area (TPSA) is 6.48 Å². The molecule has 0 amide bonds. The quantitative estimate of drug-likeness (QED) is 0.128. The molecule has 0 saturated carbocycles. The molecule has 0 spiro atoms. The lowest BCUT2D eigenvalue weighted by molar-refractivity contribution is 0.162. The van der Waals surface area contributed by atoms with Crippen molar-refractivity contribution in [3.05, 3.63) is 23.3 Å². The van der Waals surface area contributed by atoms with Crippen molar-refractivity contribution in [1.82, 2.24) is 9.80 Å². The molecule has 0 fully saturated rings.